The molecule has 2 aliphatic rings. The number of piperidine rings is 1. The monoisotopic (exact) mass is 452 g/mol. The van der Waals surface area contributed by atoms with Gasteiger partial charge >= 0.3 is 0 Å². The number of imide groups is 1. The van der Waals surface area contributed by atoms with Crippen molar-refractivity contribution in [1.29, 1.82) is 0 Å². The fourth-order valence-electron chi connectivity index (χ4n) is 4.90. The highest BCUT2D eigenvalue weighted by atomic mass is 19.1. The van der Waals surface area contributed by atoms with Crippen LogP contribution in [0.25, 0.3) is 0 Å². The number of amides is 3. The summed E-state index contributed by atoms with van der Waals surface area (Å²) in [5.74, 6) is -0.785. The molecule has 2 aromatic carbocycles. The number of hydrogen-bond acceptors (Lipinski definition) is 4. The molecule has 2 aromatic rings. The predicted octanol–water partition coefficient (Wildman–Crippen LogP) is 3.47. The summed E-state index contributed by atoms with van der Waals surface area (Å²) in [5.41, 5.74) is -0.274. The summed E-state index contributed by atoms with van der Waals surface area (Å²) < 4.78 is 20.7. The number of likely N-dealkylation sites (tertiary alicyclic amines) is 2. The average Bonchev–Trinajstić information content (AvgIpc) is 3.02. The van der Waals surface area contributed by atoms with Crippen molar-refractivity contribution in [3.8, 4) is 5.75 Å². The topological polar surface area (TPSA) is 66.9 Å². The molecule has 0 spiro atoms. The summed E-state index contributed by atoms with van der Waals surface area (Å²) in [5, 5.41) is 0. The Labute approximate surface area is 193 Å². The van der Waals surface area contributed by atoms with Gasteiger partial charge in [-0.25, -0.2) is 4.39 Å². The van der Waals surface area contributed by atoms with Gasteiger partial charge in [-0.1, -0.05) is 30.3 Å². The third-order valence-electron chi connectivity index (χ3n) is 6.73. The number of hydrogen-bond donors (Lipinski definition) is 0. The highest BCUT2D eigenvalue weighted by Crippen LogP contribution is 2.41. The molecule has 2 saturated heterocycles. The number of carbonyl (C=O) groups excluding carboxylic acids is 3. The largest absolute Gasteiger partial charge is 0.493 e. The molecule has 2 unspecified atom stereocenters. The zero-order chi connectivity index (χ0) is 23.6. The minimum Gasteiger partial charge on any atom is -0.493 e. The van der Waals surface area contributed by atoms with E-state index in [9.17, 15) is 18.8 Å². The van der Waals surface area contributed by atoms with E-state index in [0.29, 0.717) is 19.7 Å². The summed E-state index contributed by atoms with van der Waals surface area (Å²) in [7, 11) is 1.39. The van der Waals surface area contributed by atoms with Crippen LogP contribution in [0.2, 0.25) is 0 Å². The summed E-state index contributed by atoms with van der Waals surface area (Å²) in [4.78, 5) is 41.6. The number of benzene rings is 2. The van der Waals surface area contributed by atoms with Crippen LogP contribution >= 0.6 is 0 Å². The maximum absolute atomic E-state index is 14.7. The third-order valence-corrected chi connectivity index (χ3v) is 6.73. The first-order valence-corrected chi connectivity index (χ1v) is 11.3. The van der Waals surface area contributed by atoms with Gasteiger partial charge in [-0.3, -0.25) is 19.3 Å². The van der Waals surface area contributed by atoms with Gasteiger partial charge in [0.2, 0.25) is 17.7 Å². The molecule has 2 aliphatic heterocycles. The summed E-state index contributed by atoms with van der Waals surface area (Å²) in [6.07, 6.45) is 1.33. The normalized spacial score (nSPS) is 23.2. The fourth-order valence-corrected chi connectivity index (χ4v) is 4.90. The number of likely N-dealkylation sites (N-methyl/N-ethyl adjacent to an activating group) is 1. The Bertz CT molecular complexity index is 1070. The molecule has 2 fully saturated rings. The van der Waals surface area contributed by atoms with Gasteiger partial charge < -0.3 is 9.64 Å². The van der Waals surface area contributed by atoms with Crippen molar-refractivity contribution >= 4 is 17.7 Å². The van der Waals surface area contributed by atoms with E-state index in [1.807, 2.05) is 31.2 Å². The lowest BCUT2D eigenvalue weighted by atomic mass is 9.75. The Morgan fingerprint density at radius 2 is 1.97 bits per heavy atom. The van der Waals surface area contributed by atoms with Gasteiger partial charge in [-0.15, -0.1) is 0 Å². The highest BCUT2D eigenvalue weighted by molar-refractivity contribution is 6.10. The number of rotatable bonds is 6. The van der Waals surface area contributed by atoms with Crippen molar-refractivity contribution in [2.75, 3.05) is 26.7 Å². The zero-order valence-electron chi connectivity index (χ0n) is 19.1. The maximum atomic E-state index is 14.7. The lowest BCUT2D eigenvalue weighted by Crippen LogP contribution is -2.46. The summed E-state index contributed by atoms with van der Waals surface area (Å²) in [6, 6.07) is 13.8. The Balaban J connectivity index is 1.48. The first-order chi connectivity index (χ1) is 15.8. The predicted molar refractivity (Wildman–Crippen MR) is 121 cm³/mol. The van der Waals surface area contributed by atoms with Crippen molar-refractivity contribution in [2.24, 2.45) is 5.92 Å². The minimum absolute atomic E-state index is 0.109. The van der Waals surface area contributed by atoms with E-state index in [0.717, 1.165) is 29.1 Å². The molecule has 6 nitrogen and oxygen atoms in total. The second kappa shape index (κ2) is 9.33. The molecule has 7 heteroatoms. The molecule has 0 N–H and O–H groups in total. The smallest absolute Gasteiger partial charge is 0.240 e. The van der Waals surface area contributed by atoms with Crippen molar-refractivity contribution in [3.63, 3.8) is 0 Å². The highest BCUT2D eigenvalue weighted by Gasteiger charge is 2.54. The average molecular weight is 453 g/mol. The number of nitrogens with zero attached hydrogens (tertiary/aromatic N) is 2. The lowest BCUT2D eigenvalue weighted by Gasteiger charge is -2.35. The second-order valence-corrected chi connectivity index (χ2v) is 9.15. The first-order valence-electron chi connectivity index (χ1n) is 11.3. The van der Waals surface area contributed by atoms with Crippen molar-refractivity contribution in [2.45, 2.75) is 38.0 Å². The van der Waals surface area contributed by atoms with Crippen LogP contribution in [-0.4, -0.2) is 54.3 Å². The molecule has 0 bridgehead atoms. The molecule has 2 heterocycles. The molecule has 2 atom stereocenters. The van der Waals surface area contributed by atoms with Crippen LogP contribution in [0.4, 0.5) is 4.39 Å². The second-order valence-electron chi connectivity index (χ2n) is 9.15. The number of ether oxygens (including phenoxy) is 1. The zero-order valence-corrected chi connectivity index (χ0v) is 19.1. The van der Waals surface area contributed by atoms with Crippen molar-refractivity contribution < 1.29 is 23.5 Å². The van der Waals surface area contributed by atoms with Gasteiger partial charge in [0.1, 0.15) is 11.6 Å². The van der Waals surface area contributed by atoms with Gasteiger partial charge in [0.25, 0.3) is 0 Å². The Hall–Kier alpha value is -3.22. The van der Waals surface area contributed by atoms with E-state index in [1.165, 1.54) is 25.2 Å². The van der Waals surface area contributed by atoms with Crippen LogP contribution in [0.5, 0.6) is 5.75 Å². The van der Waals surface area contributed by atoms with Gasteiger partial charge in [0.05, 0.1) is 12.0 Å². The molecular weight excluding hydrogens is 423 g/mol. The third kappa shape index (κ3) is 4.63. The van der Waals surface area contributed by atoms with E-state index in [2.05, 4.69) is 0 Å². The quantitative estimate of drug-likeness (QED) is 0.630. The van der Waals surface area contributed by atoms with Crippen molar-refractivity contribution in [3.05, 3.63) is 65.5 Å². The van der Waals surface area contributed by atoms with Crippen LogP contribution in [0.1, 0.15) is 36.8 Å². The van der Waals surface area contributed by atoms with E-state index in [4.69, 9.17) is 4.74 Å². The van der Waals surface area contributed by atoms with Gasteiger partial charge in [0.15, 0.2) is 0 Å². The van der Waals surface area contributed by atoms with Crippen LogP contribution in [0.3, 0.4) is 0 Å². The van der Waals surface area contributed by atoms with E-state index in [-0.39, 0.29) is 30.2 Å². The number of aryl methyl sites for hydroxylation is 1. The Kier molecular flexibility index (Phi) is 6.49. The van der Waals surface area contributed by atoms with Gasteiger partial charge in [-0.2, -0.15) is 0 Å². The van der Waals surface area contributed by atoms with Crippen LogP contribution in [-0.2, 0) is 19.8 Å². The molecule has 0 radical (unpaired) electrons. The maximum Gasteiger partial charge on any atom is 0.240 e. The van der Waals surface area contributed by atoms with Gasteiger partial charge in [0, 0.05) is 44.5 Å². The summed E-state index contributed by atoms with van der Waals surface area (Å²) in [6.45, 7) is 3.58. The lowest BCUT2D eigenvalue weighted by molar-refractivity contribution is -0.142. The molecule has 33 heavy (non-hydrogen) atoms. The standard InChI is InChI=1S/C26H29FN2O4/c1-18-7-5-9-20(13-18)33-17-19-8-6-12-29(16-19)24(31)15-26(14-23(30)28(2)25(26)32)21-10-3-4-11-22(21)27/h3-5,7,9-11,13,19H,6,8,12,14-17H2,1-2H3. The van der Waals surface area contributed by atoms with Crippen molar-refractivity contribution in [1.82, 2.24) is 9.80 Å². The number of halogens is 1. The minimum atomic E-state index is -1.50. The Morgan fingerprint density at radius 1 is 1.18 bits per heavy atom. The van der Waals surface area contributed by atoms with E-state index < -0.39 is 23.0 Å². The van der Waals surface area contributed by atoms with Gasteiger partial charge in [-0.05, 0) is 43.5 Å². The SMILES string of the molecule is Cc1cccc(OCC2CCCN(C(=O)CC3(c4ccccc4F)CC(=O)N(C)C3=O)C2)c1. The molecule has 174 valence electrons. The molecule has 0 aromatic heterocycles. The molecule has 4 rings (SSSR count). The first kappa shape index (κ1) is 23.0. The van der Waals surface area contributed by atoms with E-state index >= 15 is 0 Å². The van der Waals surface area contributed by atoms with Crippen LogP contribution < -0.4 is 4.74 Å². The number of carbonyl (C=O) groups is 3. The fraction of sp³-hybridized carbons (Fsp3) is 0.423. The summed E-state index contributed by atoms with van der Waals surface area (Å²) >= 11 is 0. The molecule has 0 saturated carbocycles. The molecular formula is C26H29FN2O4. The molecule has 3 amide bonds. The van der Waals surface area contributed by atoms with E-state index in [1.54, 1.807) is 11.0 Å². The van der Waals surface area contributed by atoms with Crippen LogP contribution in [0, 0.1) is 18.7 Å². The Morgan fingerprint density at radius 3 is 2.67 bits per heavy atom. The van der Waals surface area contributed by atoms with Crippen LogP contribution in [0.15, 0.2) is 48.5 Å². The molecule has 0 aliphatic carbocycles.